The first-order chi connectivity index (χ1) is 16.2. The topological polar surface area (TPSA) is 176 Å². The predicted octanol–water partition coefficient (Wildman–Crippen LogP) is -0.807. The minimum Gasteiger partial charge on any atom is -0.481 e. The van der Waals surface area contributed by atoms with Crippen LogP contribution in [0.1, 0.15) is 46.4 Å². The van der Waals surface area contributed by atoms with Gasteiger partial charge in [-0.1, -0.05) is 6.07 Å². The lowest BCUT2D eigenvalue weighted by Gasteiger charge is -2.27. The average Bonchev–Trinajstić information content (AvgIpc) is 3.05. The van der Waals surface area contributed by atoms with Crippen molar-refractivity contribution in [3.05, 3.63) is 29.3 Å². The fraction of sp³-hybridized carbons (Fsp3) is 0.429. The Balaban J connectivity index is 1.55. The van der Waals surface area contributed by atoms with Crippen LogP contribution in [-0.4, -0.2) is 81.3 Å². The molecule has 0 bridgehead atoms. The number of hydrogen-bond acceptors (Lipinski definition) is 8. The highest BCUT2D eigenvalue weighted by molar-refractivity contribution is 7.85. The van der Waals surface area contributed by atoms with Gasteiger partial charge in [-0.25, -0.2) is 0 Å². The summed E-state index contributed by atoms with van der Waals surface area (Å²) in [6.45, 7) is 0.309. The number of benzene rings is 1. The third-order valence-corrected chi connectivity index (χ3v) is 6.59. The molecule has 1 aromatic rings. The fourth-order valence-electron chi connectivity index (χ4n) is 3.59. The van der Waals surface area contributed by atoms with Crippen molar-refractivity contribution in [2.45, 2.75) is 36.6 Å². The molecular weight excluding hydrogens is 470 g/mol. The van der Waals surface area contributed by atoms with Gasteiger partial charge in [0.2, 0.25) is 17.7 Å². The fourth-order valence-corrected chi connectivity index (χ4v) is 4.74. The summed E-state index contributed by atoms with van der Waals surface area (Å²) in [5, 5.41) is 13.2. The summed E-state index contributed by atoms with van der Waals surface area (Å²) in [6, 6.07) is 3.28. The first-order valence-electron chi connectivity index (χ1n) is 10.5. The summed E-state index contributed by atoms with van der Waals surface area (Å²) < 4.78 is 18.2. The lowest BCUT2D eigenvalue weighted by Crippen LogP contribution is -2.54. The number of nitrogens with zero attached hydrogens (tertiary/aromatic N) is 1. The predicted molar refractivity (Wildman–Crippen MR) is 115 cm³/mol. The van der Waals surface area contributed by atoms with Crippen LogP contribution in [-0.2, 0) is 34.7 Å². The third-order valence-electron chi connectivity index (χ3n) is 5.22. The SMILES string of the molecule is O=C(O)CCC(=O)NCCOCCS(=O)c1cccc2c1C(=O)N(C1CCC(=O)NC1=O)C2=O. The van der Waals surface area contributed by atoms with Gasteiger partial charge in [0.15, 0.2) is 0 Å². The van der Waals surface area contributed by atoms with E-state index in [0.717, 1.165) is 4.90 Å². The molecule has 1 saturated heterocycles. The van der Waals surface area contributed by atoms with E-state index < -0.39 is 52.3 Å². The molecule has 3 rings (SSSR count). The summed E-state index contributed by atoms with van der Waals surface area (Å²) in [5.74, 6) is -4.08. The third kappa shape index (κ3) is 5.72. The van der Waals surface area contributed by atoms with Gasteiger partial charge in [0.05, 0.1) is 52.2 Å². The Morgan fingerprint density at radius 3 is 2.62 bits per heavy atom. The van der Waals surface area contributed by atoms with Crippen molar-refractivity contribution in [1.82, 2.24) is 15.5 Å². The zero-order chi connectivity index (χ0) is 24.8. The number of carboxylic acid groups (broad SMARTS) is 1. The van der Waals surface area contributed by atoms with E-state index in [9.17, 15) is 33.0 Å². The molecule has 13 heteroatoms. The number of ether oxygens (including phenoxy) is 1. The van der Waals surface area contributed by atoms with Gasteiger partial charge in [0.1, 0.15) is 6.04 Å². The smallest absolute Gasteiger partial charge is 0.303 e. The highest BCUT2D eigenvalue weighted by atomic mass is 32.2. The van der Waals surface area contributed by atoms with Crippen molar-refractivity contribution in [2.24, 2.45) is 0 Å². The Hall–Kier alpha value is -3.45. The van der Waals surface area contributed by atoms with Crippen LogP contribution in [0.15, 0.2) is 23.1 Å². The van der Waals surface area contributed by atoms with Gasteiger partial charge in [-0.15, -0.1) is 0 Å². The minimum absolute atomic E-state index is 0.0000479. The molecule has 2 heterocycles. The number of carbonyl (C=O) groups is 6. The molecule has 1 fully saturated rings. The number of hydrogen-bond donors (Lipinski definition) is 3. The zero-order valence-electron chi connectivity index (χ0n) is 18.0. The van der Waals surface area contributed by atoms with Crippen molar-refractivity contribution >= 4 is 46.3 Å². The van der Waals surface area contributed by atoms with Crippen LogP contribution in [0, 0.1) is 0 Å². The molecule has 0 saturated carbocycles. The van der Waals surface area contributed by atoms with Crippen molar-refractivity contribution in [1.29, 1.82) is 0 Å². The normalized spacial score (nSPS) is 18.5. The maximum Gasteiger partial charge on any atom is 0.303 e. The zero-order valence-corrected chi connectivity index (χ0v) is 18.9. The second-order valence-electron chi connectivity index (χ2n) is 7.53. The Kier molecular flexibility index (Phi) is 8.23. The molecule has 1 aromatic carbocycles. The van der Waals surface area contributed by atoms with Crippen LogP contribution in [0.4, 0.5) is 0 Å². The van der Waals surface area contributed by atoms with Gasteiger partial charge in [-0.3, -0.25) is 43.2 Å². The molecule has 0 aromatic heterocycles. The summed E-state index contributed by atoms with van der Waals surface area (Å²) in [6.07, 6.45) is -0.383. The summed E-state index contributed by atoms with van der Waals surface area (Å²) in [5.41, 5.74) is 0.0202. The number of carbonyl (C=O) groups excluding carboxylic acids is 5. The number of imide groups is 2. The molecule has 3 N–H and O–H groups in total. The number of piperidine rings is 1. The molecule has 2 aliphatic rings. The second kappa shape index (κ2) is 11.1. The van der Waals surface area contributed by atoms with Crippen molar-refractivity contribution in [2.75, 3.05) is 25.5 Å². The van der Waals surface area contributed by atoms with Crippen molar-refractivity contribution < 1.29 is 42.8 Å². The molecule has 0 aliphatic carbocycles. The van der Waals surface area contributed by atoms with E-state index in [2.05, 4.69) is 10.6 Å². The minimum atomic E-state index is -1.69. The quantitative estimate of drug-likeness (QED) is 0.263. The van der Waals surface area contributed by atoms with Crippen molar-refractivity contribution in [3.8, 4) is 0 Å². The van der Waals surface area contributed by atoms with Crippen LogP contribution in [0.3, 0.4) is 0 Å². The maximum atomic E-state index is 13.0. The van der Waals surface area contributed by atoms with Gasteiger partial charge in [-0.2, -0.15) is 0 Å². The van der Waals surface area contributed by atoms with E-state index in [1.54, 1.807) is 0 Å². The standard InChI is InChI=1S/C21H23N3O9S/c25-15(6-7-17(27)28)22-8-9-33-10-11-34(32)14-3-1-2-12-18(14)21(31)24(20(12)30)13-4-5-16(26)23-19(13)29/h1-3,13H,4-11H2,(H,22,25)(H,27,28)(H,23,26,29). The first-order valence-corrected chi connectivity index (χ1v) is 11.8. The van der Waals surface area contributed by atoms with E-state index in [-0.39, 0.29) is 67.2 Å². The second-order valence-corrected chi connectivity index (χ2v) is 9.07. The largest absolute Gasteiger partial charge is 0.481 e. The number of nitrogens with one attached hydrogen (secondary N) is 2. The highest BCUT2D eigenvalue weighted by Gasteiger charge is 2.46. The molecule has 0 radical (unpaired) electrons. The Morgan fingerprint density at radius 2 is 1.91 bits per heavy atom. The van der Waals surface area contributed by atoms with E-state index >= 15 is 0 Å². The Labute approximate surface area is 196 Å². The molecule has 2 atom stereocenters. The van der Waals surface area contributed by atoms with Crippen LogP contribution < -0.4 is 10.6 Å². The summed E-state index contributed by atoms with van der Waals surface area (Å²) in [4.78, 5) is 72.3. The molecule has 34 heavy (non-hydrogen) atoms. The highest BCUT2D eigenvalue weighted by Crippen LogP contribution is 2.31. The number of aliphatic carboxylic acids is 1. The number of amides is 5. The van der Waals surface area contributed by atoms with Gasteiger partial charge in [-0.05, 0) is 18.6 Å². The van der Waals surface area contributed by atoms with Crippen molar-refractivity contribution in [3.63, 3.8) is 0 Å². The summed E-state index contributed by atoms with van der Waals surface area (Å²) >= 11 is 0. The Morgan fingerprint density at radius 1 is 1.15 bits per heavy atom. The van der Waals surface area contributed by atoms with Crippen LogP contribution in [0.5, 0.6) is 0 Å². The molecule has 5 amide bonds. The lowest BCUT2D eigenvalue weighted by molar-refractivity contribution is -0.139. The van der Waals surface area contributed by atoms with E-state index in [4.69, 9.17) is 9.84 Å². The van der Waals surface area contributed by atoms with Crippen LogP contribution in [0.2, 0.25) is 0 Å². The number of fused-ring (bicyclic) bond motifs is 1. The first kappa shape index (κ1) is 25.2. The molecular formula is C21H23N3O9S. The molecule has 0 spiro atoms. The van der Waals surface area contributed by atoms with Crippen LogP contribution >= 0.6 is 0 Å². The van der Waals surface area contributed by atoms with Gasteiger partial charge >= 0.3 is 5.97 Å². The average molecular weight is 493 g/mol. The van der Waals surface area contributed by atoms with Gasteiger partial charge in [0, 0.05) is 19.4 Å². The molecule has 2 aliphatic heterocycles. The lowest BCUT2D eigenvalue weighted by atomic mass is 10.0. The number of rotatable bonds is 11. The van der Waals surface area contributed by atoms with Crippen LogP contribution in [0.25, 0.3) is 0 Å². The van der Waals surface area contributed by atoms with Gasteiger partial charge in [0.25, 0.3) is 11.8 Å². The van der Waals surface area contributed by atoms with E-state index in [0.29, 0.717) is 0 Å². The monoisotopic (exact) mass is 493 g/mol. The molecule has 182 valence electrons. The summed E-state index contributed by atoms with van der Waals surface area (Å²) in [7, 11) is -1.69. The maximum absolute atomic E-state index is 13.0. The number of carboxylic acids is 1. The van der Waals surface area contributed by atoms with E-state index in [1.165, 1.54) is 18.2 Å². The van der Waals surface area contributed by atoms with E-state index in [1.807, 2.05) is 0 Å². The van der Waals surface area contributed by atoms with Gasteiger partial charge < -0.3 is 15.2 Å². The Bertz CT molecular complexity index is 1070. The molecule has 2 unspecified atom stereocenters. The molecule has 12 nitrogen and oxygen atoms in total.